The molecular formula is C28H38F3N5S. The SMILES string of the molecule is C=C(C)NC1CCC(c2nnc(SCCCN3CCC4(CC4c4ccc(C(F)(F)F)cc4)C3)n2C)CC1. The van der Waals surface area contributed by atoms with Crippen molar-refractivity contribution in [2.75, 3.05) is 25.4 Å². The van der Waals surface area contributed by atoms with Crippen LogP contribution in [0.15, 0.2) is 41.7 Å². The lowest BCUT2D eigenvalue weighted by Gasteiger charge is -2.29. The van der Waals surface area contributed by atoms with Gasteiger partial charge >= 0.3 is 6.18 Å². The smallest absolute Gasteiger partial charge is 0.386 e. The second-order valence-corrected chi connectivity index (χ2v) is 12.4. The molecule has 1 aromatic carbocycles. The zero-order valence-electron chi connectivity index (χ0n) is 21.9. The van der Waals surface area contributed by atoms with E-state index < -0.39 is 11.7 Å². The van der Waals surface area contributed by atoms with Gasteiger partial charge in [-0.2, -0.15) is 13.2 Å². The van der Waals surface area contributed by atoms with Gasteiger partial charge in [-0.3, -0.25) is 0 Å². The minimum Gasteiger partial charge on any atom is -0.386 e. The first kappa shape index (κ1) is 26.6. The average molecular weight is 534 g/mol. The highest BCUT2D eigenvalue weighted by atomic mass is 32.2. The summed E-state index contributed by atoms with van der Waals surface area (Å²) in [6, 6.07) is 6.36. The number of nitrogens with zero attached hydrogens (tertiary/aromatic N) is 4. The van der Waals surface area contributed by atoms with Gasteiger partial charge in [0.15, 0.2) is 5.16 Å². The summed E-state index contributed by atoms with van der Waals surface area (Å²) in [6.45, 7) is 9.18. The normalized spacial score (nSPS) is 28.1. The first-order valence-corrected chi connectivity index (χ1v) is 14.5. The quantitative estimate of drug-likeness (QED) is 0.301. The Balaban J connectivity index is 1.04. The molecule has 1 aromatic heterocycles. The third kappa shape index (κ3) is 6.03. The molecule has 2 aromatic rings. The summed E-state index contributed by atoms with van der Waals surface area (Å²) in [6.07, 6.45) is 3.60. The van der Waals surface area contributed by atoms with Crippen molar-refractivity contribution < 1.29 is 13.2 Å². The Bertz CT molecular complexity index is 1090. The van der Waals surface area contributed by atoms with Gasteiger partial charge < -0.3 is 14.8 Å². The first-order valence-electron chi connectivity index (χ1n) is 13.5. The van der Waals surface area contributed by atoms with Crippen molar-refractivity contribution in [1.82, 2.24) is 25.0 Å². The van der Waals surface area contributed by atoms with Gasteiger partial charge in [0.1, 0.15) is 5.82 Å². The van der Waals surface area contributed by atoms with Crippen molar-refractivity contribution in [3.8, 4) is 0 Å². The molecular weight excluding hydrogens is 495 g/mol. The maximum Gasteiger partial charge on any atom is 0.416 e. The molecule has 1 spiro atoms. The van der Waals surface area contributed by atoms with Crippen LogP contribution in [0.1, 0.15) is 80.7 Å². The van der Waals surface area contributed by atoms with E-state index in [-0.39, 0.29) is 5.41 Å². The fourth-order valence-electron chi connectivity index (χ4n) is 6.45. The van der Waals surface area contributed by atoms with Gasteiger partial charge in [-0.1, -0.05) is 30.5 Å². The van der Waals surface area contributed by atoms with Gasteiger partial charge in [0.2, 0.25) is 0 Å². The molecule has 37 heavy (non-hydrogen) atoms. The van der Waals surface area contributed by atoms with Crippen LogP contribution in [0.2, 0.25) is 0 Å². The highest BCUT2D eigenvalue weighted by molar-refractivity contribution is 7.99. The number of alkyl halides is 3. The van der Waals surface area contributed by atoms with Crippen molar-refractivity contribution in [3.63, 3.8) is 0 Å². The summed E-state index contributed by atoms with van der Waals surface area (Å²) in [5, 5.41) is 13.5. The Kier molecular flexibility index (Phi) is 7.65. The predicted octanol–water partition coefficient (Wildman–Crippen LogP) is 6.35. The topological polar surface area (TPSA) is 46.0 Å². The van der Waals surface area contributed by atoms with Gasteiger partial charge in [0.25, 0.3) is 0 Å². The van der Waals surface area contributed by atoms with E-state index in [0.29, 0.717) is 17.9 Å². The molecule has 1 aliphatic heterocycles. The van der Waals surface area contributed by atoms with Crippen molar-refractivity contribution in [2.24, 2.45) is 12.5 Å². The summed E-state index contributed by atoms with van der Waals surface area (Å²) in [5.74, 6) is 3.00. The largest absolute Gasteiger partial charge is 0.416 e. The van der Waals surface area contributed by atoms with Crippen LogP contribution < -0.4 is 5.32 Å². The number of benzene rings is 1. The fraction of sp³-hybridized carbons (Fsp3) is 0.643. The van der Waals surface area contributed by atoms with Gasteiger partial charge in [-0.15, -0.1) is 10.2 Å². The molecule has 3 fully saturated rings. The average Bonchev–Trinajstić information content (AvgIpc) is 3.20. The first-order chi connectivity index (χ1) is 17.6. The van der Waals surface area contributed by atoms with E-state index in [4.69, 9.17) is 0 Å². The van der Waals surface area contributed by atoms with Crippen LogP contribution >= 0.6 is 11.8 Å². The molecule has 9 heteroatoms. The van der Waals surface area contributed by atoms with E-state index in [1.165, 1.54) is 12.1 Å². The predicted molar refractivity (Wildman–Crippen MR) is 142 cm³/mol. The summed E-state index contributed by atoms with van der Waals surface area (Å²) in [5.41, 5.74) is 1.81. The lowest BCUT2D eigenvalue weighted by Crippen LogP contribution is -2.31. The molecule has 202 valence electrons. The summed E-state index contributed by atoms with van der Waals surface area (Å²) < 4.78 is 40.8. The number of halogens is 3. The lowest BCUT2D eigenvalue weighted by atomic mass is 9.85. The maximum absolute atomic E-state index is 12.9. The van der Waals surface area contributed by atoms with Crippen LogP contribution in [-0.2, 0) is 13.2 Å². The molecule has 2 heterocycles. The lowest BCUT2D eigenvalue weighted by molar-refractivity contribution is -0.137. The van der Waals surface area contributed by atoms with Crippen molar-refractivity contribution in [1.29, 1.82) is 0 Å². The molecule has 2 aliphatic carbocycles. The van der Waals surface area contributed by atoms with Crippen LogP contribution in [0, 0.1) is 5.41 Å². The minimum atomic E-state index is -4.27. The summed E-state index contributed by atoms with van der Waals surface area (Å²) in [7, 11) is 2.09. The second-order valence-electron chi connectivity index (χ2n) is 11.3. The van der Waals surface area contributed by atoms with Crippen molar-refractivity contribution in [2.45, 2.75) is 81.1 Å². The standard InChI is InChI=1S/C28H38F3N5S/c1-19(2)32-23-11-7-21(8-12-23)25-33-34-26(35(25)3)37-16-4-14-36-15-13-27(18-36)17-24(27)20-5-9-22(10-6-20)28(29,30)31/h5-6,9-10,21,23-24,32H,1,4,7-8,11-18H2,2-3H3. The molecule has 5 nitrogen and oxygen atoms in total. The van der Waals surface area contributed by atoms with Crippen LogP contribution in [0.25, 0.3) is 0 Å². The summed E-state index contributed by atoms with van der Waals surface area (Å²) >= 11 is 1.79. The number of thioether (sulfide) groups is 1. The third-order valence-corrected chi connectivity index (χ3v) is 9.66. The number of rotatable bonds is 9. The maximum atomic E-state index is 12.9. The molecule has 5 rings (SSSR count). The molecule has 0 amide bonds. The van der Waals surface area contributed by atoms with Crippen LogP contribution in [0.4, 0.5) is 13.2 Å². The number of allylic oxidation sites excluding steroid dienone is 1. The van der Waals surface area contributed by atoms with Crippen LogP contribution in [0.5, 0.6) is 0 Å². The van der Waals surface area contributed by atoms with E-state index in [2.05, 4.69) is 38.6 Å². The molecule has 2 saturated carbocycles. The number of hydrogen-bond donors (Lipinski definition) is 1. The van der Waals surface area contributed by atoms with Gasteiger partial charge in [-0.05, 0) is 94.0 Å². The van der Waals surface area contributed by atoms with E-state index in [1.54, 1.807) is 23.9 Å². The fourth-order valence-corrected chi connectivity index (χ4v) is 7.29. The minimum absolute atomic E-state index is 0.268. The Morgan fingerprint density at radius 2 is 1.89 bits per heavy atom. The van der Waals surface area contributed by atoms with E-state index in [9.17, 15) is 13.2 Å². The van der Waals surface area contributed by atoms with Crippen LogP contribution in [0.3, 0.4) is 0 Å². The second kappa shape index (κ2) is 10.6. The number of hydrogen-bond acceptors (Lipinski definition) is 5. The Morgan fingerprint density at radius 1 is 1.16 bits per heavy atom. The third-order valence-electron chi connectivity index (χ3n) is 8.56. The Hall–Kier alpha value is -2.00. The number of likely N-dealkylation sites (tertiary alicyclic amines) is 1. The monoisotopic (exact) mass is 533 g/mol. The zero-order chi connectivity index (χ0) is 26.2. The molecule has 1 N–H and O–H groups in total. The van der Waals surface area contributed by atoms with E-state index in [0.717, 1.165) is 92.6 Å². The van der Waals surface area contributed by atoms with E-state index in [1.807, 2.05) is 6.92 Å². The van der Waals surface area contributed by atoms with Crippen molar-refractivity contribution >= 4 is 11.8 Å². The molecule has 2 unspecified atom stereocenters. The molecule has 2 atom stereocenters. The van der Waals surface area contributed by atoms with Gasteiger partial charge in [-0.25, -0.2) is 0 Å². The highest BCUT2D eigenvalue weighted by Crippen LogP contribution is 2.64. The van der Waals surface area contributed by atoms with Gasteiger partial charge in [0.05, 0.1) is 5.56 Å². The van der Waals surface area contributed by atoms with Gasteiger partial charge in [0, 0.05) is 37.0 Å². The molecule has 1 saturated heterocycles. The van der Waals surface area contributed by atoms with Crippen molar-refractivity contribution in [3.05, 3.63) is 53.5 Å². The number of nitrogens with one attached hydrogen (secondary N) is 1. The Labute approximate surface area is 222 Å². The highest BCUT2D eigenvalue weighted by Gasteiger charge is 2.57. The Morgan fingerprint density at radius 3 is 2.57 bits per heavy atom. The van der Waals surface area contributed by atoms with Crippen LogP contribution in [-0.4, -0.2) is 51.1 Å². The number of aromatic nitrogens is 3. The summed E-state index contributed by atoms with van der Waals surface area (Å²) in [4.78, 5) is 2.53. The molecule has 0 radical (unpaired) electrons. The zero-order valence-corrected chi connectivity index (χ0v) is 22.7. The van der Waals surface area contributed by atoms with E-state index >= 15 is 0 Å². The molecule has 0 bridgehead atoms. The molecule has 3 aliphatic rings.